The van der Waals surface area contributed by atoms with Crippen LogP contribution in [0.2, 0.25) is 0 Å². The predicted octanol–water partition coefficient (Wildman–Crippen LogP) is 7.63. The van der Waals surface area contributed by atoms with Gasteiger partial charge in [-0.15, -0.1) is 35.9 Å². The number of aryl methyl sites for hydroxylation is 1. The molecule has 1 radical (unpaired) electrons. The Bertz CT molecular complexity index is 1370. The Morgan fingerprint density at radius 1 is 0.694 bits per heavy atom. The Balaban J connectivity index is 0.000000196. The summed E-state index contributed by atoms with van der Waals surface area (Å²) in [5, 5.41) is 0. The molecule has 0 bridgehead atoms. The Kier molecular flexibility index (Phi) is 9.23. The summed E-state index contributed by atoms with van der Waals surface area (Å²) in [6.07, 6.45) is 3.25. The maximum absolute atomic E-state index is 13.4. The molecule has 2 heterocycles. The van der Waals surface area contributed by atoms with Crippen molar-refractivity contribution in [1.82, 2.24) is 9.97 Å². The van der Waals surface area contributed by atoms with Crippen LogP contribution in [-0.2, 0) is 20.1 Å². The van der Waals surface area contributed by atoms with Crippen LogP contribution in [0.25, 0.3) is 33.6 Å². The molecular weight excluding hydrogens is 645 g/mol. The van der Waals surface area contributed by atoms with Crippen molar-refractivity contribution in [2.45, 2.75) is 6.92 Å². The molecular formula is C29H18F4IrN2-2. The molecule has 0 spiro atoms. The molecule has 5 aromatic rings. The van der Waals surface area contributed by atoms with Crippen LogP contribution in [0.1, 0.15) is 5.56 Å². The number of rotatable bonds is 3. The van der Waals surface area contributed by atoms with Gasteiger partial charge in [-0.05, 0) is 41.1 Å². The maximum atomic E-state index is 13.4. The van der Waals surface area contributed by atoms with Crippen molar-refractivity contribution in [1.29, 1.82) is 0 Å². The molecule has 3 aromatic carbocycles. The van der Waals surface area contributed by atoms with Crippen molar-refractivity contribution >= 4 is 0 Å². The molecule has 0 N–H and O–H groups in total. The molecule has 0 aliphatic rings. The van der Waals surface area contributed by atoms with Gasteiger partial charge in [0, 0.05) is 32.5 Å². The third kappa shape index (κ3) is 6.30. The molecule has 0 aliphatic heterocycles. The van der Waals surface area contributed by atoms with Gasteiger partial charge in [0.15, 0.2) is 0 Å². The first-order valence-corrected chi connectivity index (χ1v) is 10.6. The second-order valence-electron chi connectivity index (χ2n) is 7.55. The van der Waals surface area contributed by atoms with E-state index in [1.54, 1.807) is 19.1 Å². The molecule has 0 fully saturated rings. The third-order valence-corrected chi connectivity index (χ3v) is 5.05. The molecule has 7 heteroatoms. The first-order valence-electron chi connectivity index (χ1n) is 10.6. The standard InChI is InChI=1S/C17H12N.C12H6F4N.Ir/c1-3-7-14(8-4-1)16-11-12-18-17(13-16)15-9-5-2-6-10-15;1-6-2-3-9(17-5-6)7-4-8(13)11(15)12(16)10(7)14;/h1-9,11-13H;2-3,5H,1H3;/q2*-1;. The summed E-state index contributed by atoms with van der Waals surface area (Å²) in [5.74, 6) is -6.81. The van der Waals surface area contributed by atoms with Gasteiger partial charge in [0.05, 0.1) is 11.6 Å². The first kappa shape index (κ1) is 26.9. The summed E-state index contributed by atoms with van der Waals surface area (Å²) in [4.78, 5) is 8.20. The molecule has 0 amide bonds. The molecule has 0 saturated heterocycles. The normalized spacial score (nSPS) is 10.1. The number of benzene rings is 3. The van der Waals surface area contributed by atoms with Crippen LogP contribution in [0.5, 0.6) is 0 Å². The van der Waals surface area contributed by atoms with Gasteiger partial charge in [0.2, 0.25) is 0 Å². The van der Waals surface area contributed by atoms with Crippen molar-refractivity contribution in [3.63, 3.8) is 0 Å². The number of pyridine rings is 2. The SMILES string of the molecule is Cc1ccc(-c2[c-]c(F)c(F)c(F)c2F)nc1.[Ir].[c-]1ccccc1-c1cc(-c2ccccc2)ccn1. The monoisotopic (exact) mass is 663 g/mol. The van der Waals surface area contributed by atoms with Gasteiger partial charge in [-0.1, -0.05) is 60.2 Å². The zero-order valence-corrected chi connectivity index (χ0v) is 21.3. The molecule has 0 saturated carbocycles. The smallest absolute Gasteiger partial charge is 0.114 e. The zero-order valence-electron chi connectivity index (χ0n) is 18.9. The first-order chi connectivity index (χ1) is 16.9. The molecule has 183 valence electrons. The number of halogens is 4. The van der Waals surface area contributed by atoms with E-state index in [1.807, 2.05) is 54.7 Å². The third-order valence-electron chi connectivity index (χ3n) is 5.05. The van der Waals surface area contributed by atoms with E-state index in [-0.39, 0.29) is 25.8 Å². The van der Waals surface area contributed by atoms with Gasteiger partial charge in [-0.25, -0.2) is 8.78 Å². The topological polar surface area (TPSA) is 25.8 Å². The fourth-order valence-corrected chi connectivity index (χ4v) is 3.25. The van der Waals surface area contributed by atoms with E-state index < -0.39 is 28.8 Å². The summed E-state index contributed by atoms with van der Waals surface area (Å²) >= 11 is 0. The summed E-state index contributed by atoms with van der Waals surface area (Å²) < 4.78 is 52.0. The molecule has 2 aromatic heterocycles. The van der Waals surface area contributed by atoms with Crippen molar-refractivity contribution in [2.75, 3.05) is 0 Å². The number of aromatic nitrogens is 2. The van der Waals surface area contributed by atoms with Crippen LogP contribution >= 0.6 is 0 Å². The maximum Gasteiger partial charge on any atom is 0.114 e. The summed E-state index contributed by atoms with van der Waals surface area (Å²) in [7, 11) is 0. The van der Waals surface area contributed by atoms with Crippen molar-refractivity contribution < 1.29 is 37.7 Å². The van der Waals surface area contributed by atoms with E-state index in [1.165, 1.54) is 23.4 Å². The molecule has 5 rings (SSSR count). The van der Waals surface area contributed by atoms with Crippen LogP contribution < -0.4 is 0 Å². The molecule has 36 heavy (non-hydrogen) atoms. The van der Waals surface area contributed by atoms with Gasteiger partial charge in [0.1, 0.15) is 11.6 Å². The van der Waals surface area contributed by atoms with Crippen LogP contribution in [0, 0.1) is 42.3 Å². The fourth-order valence-electron chi connectivity index (χ4n) is 3.25. The van der Waals surface area contributed by atoms with E-state index in [4.69, 9.17) is 0 Å². The summed E-state index contributed by atoms with van der Waals surface area (Å²) in [5.41, 5.74) is 4.63. The van der Waals surface area contributed by atoms with E-state index in [9.17, 15) is 17.6 Å². The largest absolute Gasteiger partial charge is 0.305 e. The second-order valence-corrected chi connectivity index (χ2v) is 7.55. The minimum Gasteiger partial charge on any atom is -0.305 e. The van der Waals surface area contributed by atoms with Crippen LogP contribution in [-0.4, -0.2) is 9.97 Å². The van der Waals surface area contributed by atoms with Crippen LogP contribution in [0.15, 0.2) is 91.3 Å². The average Bonchev–Trinajstić information content (AvgIpc) is 2.91. The second kappa shape index (κ2) is 12.3. The molecule has 2 nitrogen and oxygen atoms in total. The number of nitrogens with zero attached hydrogens (tertiary/aromatic N) is 2. The fraction of sp³-hybridized carbons (Fsp3) is 0.0345. The Hall–Kier alpha value is -3.67. The van der Waals surface area contributed by atoms with Gasteiger partial charge in [-0.3, -0.25) is 8.78 Å². The van der Waals surface area contributed by atoms with Crippen molar-refractivity contribution in [3.8, 4) is 33.6 Å². The number of hydrogen-bond donors (Lipinski definition) is 0. The van der Waals surface area contributed by atoms with Crippen molar-refractivity contribution in [3.05, 3.63) is 132 Å². The van der Waals surface area contributed by atoms with Crippen LogP contribution in [0.3, 0.4) is 0 Å². The zero-order chi connectivity index (χ0) is 24.8. The quantitative estimate of drug-likeness (QED) is 0.0860. The van der Waals surface area contributed by atoms with E-state index in [0.29, 0.717) is 0 Å². The number of hydrogen-bond acceptors (Lipinski definition) is 2. The minimum atomic E-state index is -1.88. The van der Waals surface area contributed by atoms with E-state index in [2.05, 4.69) is 34.2 Å². The molecule has 0 aliphatic carbocycles. The van der Waals surface area contributed by atoms with Gasteiger partial charge in [0.25, 0.3) is 0 Å². The molecule has 0 atom stereocenters. The van der Waals surface area contributed by atoms with E-state index >= 15 is 0 Å². The summed E-state index contributed by atoms with van der Waals surface area (Å²) in [6.45, 7) is 1.75. The van der Waals surface area contributed by atoms with Gasteiger partial charge in [-0.2, -0.15) is 0 Å². The Labute approximate surface area is 220 Å². The Morgan fingerprint density at radius 2 is 1.44 bits per heavy atom. The van der Waals surface area contributed by atoms with Gasteiger partial charge >= 0.3 is 0 Å². The van der Waals surface area contributed by atoms with Gasteiger partial charge < -0.3 is 9.97 Å². The predicted molar refractivity (Wildman–Crippen MR) is 127 cm³/mol. The molecule has 0 unspecified atom stereocenters. The van der Waals surface area contributed by atoms with Crippen LogP contribution in [0.4, 0.5) is 17.6 Å². The van der Waals surface area contributed by atoms with E-state index in [0.717, 1.165) is 16.8 Å². The average molecular weight is 663 g/mol. The van der Waals surface area contributed by atoms with Crippen molar-refractivity contribution in [2.24, 2.45) is 0 Å². The summed E-state index contributed by atoms with van der Waals surface area (Å²) in [6, 6.07) is 30.3. The minimum absolute atomic E-state index is 0. The Morgan fingerprint density at radius 3 is 2.11 bits per heavy atom.